The van der Waals surface area contributed by atoms with Crippen LogP contribution in [0.25, 0.3) is 0 Å². The van der Waals surface area contributed by atoms with Crippen LogP contribution in [-0.2, 0) is 10.3 Å². The van der Waals surface area contributed by atoms with E-state index in [0.29, 0.717) is 12.4 Å². The second-order valence-corrected chi connectivity index (χ2v) is 5.35. The topological polar surface area (TPSA) is 44.7 Å². The zero-order chi connectivity index (χ0) is 14.6. The van der Waals surface area contributed by atoms with Crippen LogP contribution in [0.15, 0.2) is 35.3 Å². The maximum Gasteiger partial charge on any atom is 0.231 e. The van der Waals surface area contributed by atoms with Crippen LogP contribution in [0.1, 0.15) is 38.2 Å². The molecule has 1 aliphatic heterocycles. The molecule has 4 nitrogen and oxygen atoms in total. The summed E-state index contributed by atoms with van der Waals surface area (Å²) in [4.78, 5) is 18.1. The summed E-state index contributed by atoms with van der Waals surface area (Å²) in [5.41, 5.74) is 0.839. The molecule has 1 heterocycles. The van der Waals surface area contributed by atoms with Crippen molar-refractivity contribution in [3.63, 3.8) is 0 Å². The number of benzene rings is 1. The lowest BCUT2D eigenvalue weighted by Crippen LogP contribution is -2.59. The third-order valence-corrected chi connectivity index (χ3v) is 3.99. The Balaban J connectivity index is 2.40. The Kier molecular flexibility index (Phi) is 4.42. The fraction of sp³-hybridized carbons (Fsp3) is 0.500. The lowest BCUT2D eigenvalue weighted by atomic mass is 9.80. The van der Waals surface area contributed by atoms with E-state index in [1.807, 2.05) is 18.2 Å². The summed E-state index contributed by atoms with van der Waals surface area (Å²) in [7, 11) is 3.49. The minimum absolute atomic E-state index is 0.115. The van der Waals surface area contributed by atoms with Crippen molar-refractivity contribution in [3.05, 3.63) is 35.9 Å². The minimum atomic E-state index is -0.324. The van der Waals surface area contributed by atoms with Gasteiger partial charge in [-0.3, -0.25) is 14.7 Å². The number of nitrogens with one attached hydrogen (secondary N) is 1. The van der Waals surface area contributed by atoms with Gasteiger partial charge in [-0.05, 0) is 12.0 Å². The van der Waals surface area contributed by atoms with Gasteiger partial charge in [-0.25, -0.2) is 0 Å². The van der Waals surface area contributed by atoms with E-state index in [2.05, 4.69) is 29.4 Å². The van der Waals surface area contributed by atoms with Crippen molar-refractivity contribution >= 4 is 11.9 Å². The van der Waals surface area contributed by atoms with Gasteiger partial charge < -0.3 is 5.32 Å². The van der Waals surface area contributed by atoms with Crippen molar-refractivity contribution in [1.29, 1.82) is 0 Å². The van der Waals surface area contributed by atoms with Gasteiger partial charge in [0.15, 0.2) is 0 Å². The Bertz CT molecular complexity index is 498. The number of unbranched alkanes of at least 4 members (excludes halogenated alkanes) is 1. The molecule has 1 saturated heterocycles. The molecule has 108 valence electrons. The lowest BCUT2D eigenvalue weighted by Gasteiger charge is -2.42. The molecule has 1 unspecified atom stereocenters. The van der Waals surface area contributed by atoms with Crippen LogP contribution in [0, 0.1) is 0 Å². The maximum atomic E-state index is 12.3. The Morgan fingerprint density at radius 3 is 2.65 bits per heavy atom. The zero-order valence-electron chi connectivity index (χ0n) is 12.5. The SMILES string of the molecule is CCCCC1(c2ccccc2)CC(=O)N(C)C(=NC)N1. The normalized spacial score (nSPS) is 24.9. The van der Waals surface area contributed by atoms with Gasteiger partial charge >= 0.3 is 0 Å². The molecule has 0 saturated carbocycles. The van der Waals surface area contributed by atoms with Crippen molar-refractivity contribution in [2.75, 3.05) is 14.1 Å². The fourth-order valence-corrected chi connectivity index (χ4v) is 2.75. The van der Waals surface area contributed by atoms with Gasteiger partial charge in [0, 0.05) is 14.1 Å². The van der Waals surface area contributed by atoms with Gasteiger partial charge in [-0.15, -0.1) is 0 Å². The van der Waals surface area contributed by atoms with Crippen LogP contribution in [0.5, 0.6) is 0 Å². The molecule has 1 atom stereocenters. The highest BCUT2D eigenvalue weighted by Crippen LogP contribution is 2.34. The second kappa shape index (κ2) is 6.07. The monoisotopic (exact) mass is 273 g/mol. The van der Waals surface area contributed by atoms with E-state index in [4.69, 9.17) is 0 Å². The fourth-order valence-electron chi connectivity index (χ4n) is 2.75. The van der Waals surface area contributed by atoms with Gasteiger partial charge in [0.25, 0.3) is 0 Å². The molecule has 0 radical (unpaired) electrons. The number of hydrogen-bond donors (Lipinski definition) is 1. The second-order valence-electron chi connectivity index (χ2n) is 5.35. The highest BCUT2D eigenvalue weighted by molar-refractivity contribution is 6.00. The third kappa shape index (κ3) is 2.69. The number of carbonyl (C=O) groups excluding carboxylic acids is 1. The van der Waals surface area contributed by atoms with Gasteiger partial charge in [0.1, 0.15) is 0 Å². The summed E-state index contributed by atoms with van der Waals surface area (Å²) < 4.78 is 0. The molecule has 0 aliphatic carbocycles. The Hall–Kier alpha value is -1.84. The molecule has 0 bridgehead atoms. The first-order valence-electron chi connectivity index (χ1n) is 7.20. The third-order valence-electron chi connectivity index (χ3n) is 3.99. The van der Waals surface area contributed by atoms with Crippen molar-refractivity contribution in [2.24, 2.45) is 4.99 Å². The number of rotatable bonds is 4. The molecule has 0 spiro atoms. The van der Waals surface area contributed by atoms with Crippen LogP contribution in [0.4, 0.5) is 0 Å². The van der Waals surface area contributed by atoms with Crippen molar-refractivity contribution < 1.29 is 4.79 Å². The number of guanidine groups is 1. The van der Waals surface area contributed by atoms with Crippen molar-refractivity contribution in [2.45, 2.75) is 38.1 Å². The highest BCUT2D eigenvalue weighted by atomic mass is 16.2. The first kappa shape index (κ1) is 14.6. The Labute approximate surface area is 120 Å². The van der Waals surface area contributed by atoms with E-state index in [1.54, 1.807) is 19.0 Å². The van der Waals surface area contributed by atoms with E-state index in [9.17, 15) is 4.79 Å². The van der Waals surface area contributed by atoms with E-state index in [-0.39, 0.29) is 11.4 Å². The molecule has 1 aliphatic rings. The summed E-state index contributed by atoms with van der Waals surface area (Å²) >= 11 is 0. The summed E-state index contributed by atoms with van der Waals surface area (Å²) in [6, 6.07) is 10.2. The quantitative estimate of drug-likeness (QED) is 0.916. The molecule has 1 aromatic carbocycles. The summed E-state index contributed by atoms with van der Waals surface area (Å²) in [6.07, 6.45) is 3.60. The molecule has 1 aromatic rings. The van der Waals surface area contributed by atoms with Gasteiger partial charge in [-0.1, -0.05) is 50.1 Å². The molecule has 20 heavy (non-hydrogen) atoms. The highest BCUT2D eigenvalue weighted by Gasteiger charge is 2.41. The van der Waals surface area contributed by atoms with E-state index in [0.717, 1.165) is 24.8 Å². The molecular formula is C16H23N3O. The first-order valence-corrected chi connectivity index (χ1v) is 7.20. The van der Waals surface area contributed by atoms with Gasteiger partial charge in [-0.2, -0.15) is 0 Å². The summed E-state index contributed by atoms with van der Waals surface area (Å²) in [5, 5.41) is 3.50. The van der Waals surface area contributed by atoms with Crippen LogP contribution in [-0.4, -0.2) is 30.9 Å². The molecule has 0 aromatic heterocycles. The molecule has 1 N–H and O–H groups in total. The van der Waals surface area contributed by atoms with Crippen LogP contribution in [0.3, 0.4) is 0 Å². The minimum Gasteiger partial charge on any atom is -0.346 e. The average Bonchev–Trinajstić information content (AvgIpc) is 2.49. The van der Waals surface area contributed by atoms with Gasteiger partial charge in [0.05, 0.1) is 12.0 Å². The molecule has 1 fully saturated rings. The summed E-state index contributed by atoms with van der Waals surface area (Å²) in [5.74, 6) is 0.769. The van der Waals surface area contributed by atoms with E-state index in [1.165, 1.54) is 0 Å². The molecule has 1 amide bonds. The van der Waals surface area contributed by atoms with Crippen LogP contribution < -0.4 is 5.32 Å². The lowest BCUT2D eigenvalue weighted by molar-refractivity contribution is -0.129. The maximum absolute atomic E-state index is 12.3. The number of carbonyl (C=O) groups is 1. The molecule has 2 rings (SSSR count). The zero-order valence-corrected chi connectivity index (χ0v) is 12.5. The Morgan fingerprint density at radius 1 is 1.35 bits per heavy atom. The predicted molar refractivity (Wildman–Crippen MR) is 81.5 cm³/mol. The van der Waals surface area contributed by atoms with E-state index >= 15 is 0 Å². The van der Waals surface area contributed by atoms with Crippen LogP contribution in [0.2, 0.25) is 0 Å². The predicted octanol–water partition coefficient (Wildman–Crippen LogP) is 2.51. The number of nitrogens with zero attached hydrogens (tertiary/aromatic N) is 2. The summed E-state index contributed by atoms with van der Waals surface area (Å²) in [6.45, 7) is 2.17. The van der Waals surface area contributed by atoms with Crippen molar-refractivity contribution in [1.82, 2.24) is 10.2 Å². The number of amides is 1. The largest absolute Gasteiger partial charge is 0.346 e. The van der Waals surface area contributed by atoms with Gasteiger partial charge in [0.2, 0.25) is 11.9 Å². The van der Waals surface area contributed by atoms with Crippen LogP contribution >= 0.6 is 0 Å². The van der Waals surface area contributed by atoms with E-state index < -0.39 is 0 Å². The smallest absolute Gasteiger partial charge is 0.231 e. The number of aliphatic imine (C=N–C) groups is 1. The molecule has 4 heteroatoms. The van der Waals surface area contributed by atoms with Crippen molar-refractivity contribution in [3.8, 4) is 0 Å². The molecular weight excluding hydrogens is 250 g/mol. The first-order chi connectivity index (χ1) is 9.63. The Morgan fingerprint density at radius 2 is 2.05 bits per heavy atom. The number of hydrogen-bond acceptors (Lipinski definition) is 2. The standard InChI is InChI=1S/C16H23N3O/c1-4-5-11-16(13-9-7-6-8-10-13)12-14(20)19(3)15(17-2)18-16/h6-10H,4-5,11-12H2,1-3H3,(H,17,18). The average molecular weight is 273 g/mol.